The monoisotopic (exact) mass is 371 g/mol. The Morgan fingerprint density at radius 2 is 1.78 bits per heavy atom. The fourth-order valence-electron chi connectivity index (χ4n) is 1.88. The van der Waals surface area contributed by atoms with Crippen LogP contribution in [0.3, 0.4) is 0 Å². The first-order chi connectivity index (χ1) is 10.8. The number of nitrogens with one attached hydrogen (secondary N) is 1. The van der Waals surface area contributed by atoms with Gasteiger partial charge in [0.2, 0.25) is 0 Å². The highest BCUT2D eigenvalue weighted by molar-refractivity contribution is 6.41. The molecule has 23 heavy (non-hydrogen) atoms. The highest BCUT2D eigenvalue weighted by Crippen LogP contribution is 2.33. The van der Waals surface area contributed by atoms with Crippen molar-refractivity contribution in [2.45, 2.75) is 13.8 Å². The first-order valence-electron chi connectivity index (χ1n) is 6.50. The molecule has 0 saturated carbocycles. The zero-order chi connectivity index (χ0) is 17.1. The van der Waals surface area contributed by atoms with Gasteiger partial charge in [-0.3, -0.25) is 15.5 Å². The minimum absolute atomic E-state index is 0.0413. The summed E-state index contributed by atoms with van der Waals surface area (Å²) in [7, 11) is 0. The van der Waals surface area contributed by atoms with Crippen LogP contribution in [0, 0.1) is 17.0 Å². The van der Waals surface area contributed by atoms with E-state index >= 15 is 0 Å². The quantitative estimate of drug-likeness (QED) is 0.425. The molecule has 0 radical (unpaired) electrons. The highest BCUT2D eigenvalue weighted by atomic mass is 35.5. The van der Waals surface area contributed by atoms with Crippen molar-refractivity contribution in [3.63, 3.8) is 0 Å². The second-order valence-corrected chi connectivity index (χ2v) is 6.06. The lowest BCUT2D eigenvalue weighted by Gasteiger charge is -2.08. The van der Waals surface area contributed by atoms with E-state index in [4.69, 9.17) is 34.8 Å². The molecule has 0 saturated heterocycles. The summed E-state index contributed by atoms with van der Waals surface area (Å²) in [6.45, 7) is 3.40. The third-order valence-corrected chi connectivity index (χ3v) is 3.98. The molecule has 0 atom stereocenters. The second-order valence-electron chi connectivity index (χ2n) is 4.81. The smallest absolute Gasteiger partial charge is 0.272 e. The number of nitro groups is 1. The van der Waals surface area contributed by atoms with Crippen LogP contribution in [-0.2, 0) is 0 Å². The van der Waals surface area contributed by atoms with Crippen molar-refractivity contribution in [1.29, 1.82) is 0 Å². The van der Waals surface area contributed by atoms with Crippen LogP contribution in [0.4, 0.5) is 11.4 Å². The molecule has 2 rings (SSSR count). The largest absolute Gasteiger partial charge is 0.275 e. The number of halogens is 3. The van der Waals surface area contributed by atoms with Gasteiger partial charge in [-0.1, -0.05) is 46.9 Å². The van der Waals surface area contributed by atoms with Gasteiger partial charge in [0, 0.05) is 22.2 Å². The third-order valence-electron chi connectivity index (χ3n) is 3.17. The first-order valence-corrected chi connectivity index (χ1v) is 7.63. The number of aryl methyl sites for hydroxylation is 1. The Morgan fingerprint density at radius 1 is 1.17 bits per heavy atom. The second kappa shape index (κ2) is 7.17. The molecule has 5 nitrogen and oxygen atoms in total. The van der Waals surface area contributed by atoms with E-state index in [1.165, 1.54) is 6.07 Å². The zero-order valence-corrected chi connectivity index (χ0v) is 14.5. The summed E-state index contributed by atoms with van der Waals surface area (Å²) in [5, 5.41) is 16.3. The average Bonchev–Trinajstić information content (AvgIpc) is 2.45. The summed E-state index contributed by atoms with van der Waals surface area (Å²) < 4.78 is 0. The van der Waals surface area contributed by atoms with Crippen molar-refractivity contribution in [1.82, 2.24) is 0 Å². The Labute approximate surface area is 148 Å². The number of hydrazone groups is 1. The molecule has 0 bridgehead atoms. The van der Waals surface area contributed by atoms with Crippen LogP contribution in [0.2, 0.25) is 15.1 Å². The molecule has 2 aromatic rings. The van der Waals surface area contributed by atoms with Crippen LogP contribution in [0.25, 0.3) is 0 Å². The van der Waals surface area contributed by atoms with E-state index in [0.717, 1.165) is 0 Å². The molecule has 2 aromatic carbocycles. The maximum Gasteiger partial charge on any atom is 0.272 e. The Kier molecular flexibility index (Phi) is 5.46. The number of benzene rings is 2. The molecule has 0 aliphatic rings. The topological polar surface area (TPSA) is 67.5 Å². The average molecular weight is 373 g/mol. The van der Waals surface area contributed by atoms with Gasteiger partial charge in [-0.2, -0.15) is 5.10 Å². The summed E-state index contributed by atoms with van der Waals surface area (Å²) in [5.41, 5.74) is 4.98. The summed E-state index contributed by atoms with van der Waals surface area (Å²) in [6.07, 6.45) is 0. The van der Waals surface area contributed by atoms with E-state index in [1.54, 1.807) is 38.1 Å². The van der Waals surface area contributed by atoms with Crippen LogP contribution < -0.4 is 5.43 Å². The van der Waals surface area contributed by atoms with Gasteiger partial charge in [-0.15, -0.1) is 0 Å². The van der Waals surface area contributed by atoms with E-state index in [2.05, 4.69) is 10.5 Å². The van der Waals surface area contributed by atoms with Gasteiger partial charge < -0.3 is 0 Å². The molecule has 0 fully saturated rings. The Hall–Kier alpha value is -1.82. The highest BCUT2D eigenvalue weighted by Gasteiger charge is 2.12. The van der Waals surface area contributed by atoms with Gasteiger partial charge in [-0.05, 0) is 26.0 Å². The normalized spacial score (nSPS) is 11.4. The van der Waals surface area contributed by atoms with Gasteiger partial charge in [0.1, 0.15) is 0 Å². The molecule has 0 heterocycles. The molecular formula is C15H12Cl3N3O2. The van der Waals surface area contributed by atoms with Crippen LogP contribution in [0.15, 0.2) is 35.4 Å². The van der Waals surface area contributed by atoms with Crippen molar-refractivity contribution < 1.29 is 4.92 Å². The number of hydrogen-bond acceptors (Lipinski definition) is 4. The van der Waals surface area contributed by atoms with Crippen molar-refractivity contribution in [2.24, 2.45) is 5.10 Å². The summed E-state index contributed by atoms with van der Waals surface area (Å²) in [4.78, 5) is 10.6. The first kappa shape index (κ1) is 17.5. The SMILES string of the molecule is CC(=NNc1c(Cl)cc(Cl)cc1Cl)c1ccc(C)c([N+](=O)[O-])c1. The van der Waals surface area contributed by atoms with E-state index in [0.29, 0.717) is 37.6 Å². The molecular weight excluding hydrogens is 361 g/mol. The van der Waals surface area contributed by atoms with Gasteiger partial charge in [0.25, 0.3) is 5.69 Å². The van der Waals surface area contributed by atoms with E-state index in [-0.39, 0.29) is 5.69 Å². The van der Waals surface area contributed by atoms with E-state index in [9.17, 15) is 10.1 Å². The summed E-state index contributed by atoms with van der Waals surface area (Å²) in [6, 6.07) is 7.99. The number of hydrogen-bond donors (Lipinski definition) is 1. The number of rotatable bonds is 4. The summed E-state index contributed by atoms with van der Waals surface area (Å²) >= 11 is 18.0. The predicted octanol–water partition coefficient (Wildman–Crippen LogP) is 5.70. The lowest BCUT2D eigenvalue weighted by atomic mass is 10.1. The fourth-order valence-corrected chi connectivity index (χ4v) is 2.79. The van der Waals surface area contributed by atoms with Gasteiger partial charge in [0.15, 0.2) is 0 Å². The van der Waals surface area contributed by atoms with Crippen molar-refractivity contribution in [2.75, 3.05) is 5.43 Å². The number of nitro benzene ring substituents is 1. The van der Waals surface area contributed by atoms with Gasteiger partial charge in [-0.25, -0.2) is 0 Å². The van der Waals surface area contributed by atoms with Crippen LogP contribution >= 0.6 is 34.8 Å². The standard InChI is InChI=1S/C15H12Cl3N3O2/c1-8-3-4-10(5-14(8)21(22)23)9(2)19-20-15-12(17)6-11(16)7-13(15)18/h3-7,20H,1-2H3. The Morgan fingerprint density at radius 3 is 2.35 bits per heavy atom. The molecule has 120 valence electrons. The molecule has 0 spiro atoms. The Bertz CT molecular complexity index is 784. The Balaban J connectivity index is 2.31. The van der Waals surface area contributed by atoms with E-state index in [1.807, 2.05) is 0 Å². The third kappa shape index (κ3) is 4.13. The van der Waals surface area contributed by atoms with Gasteiger partial charge in [0.05, 0.1) is 26.4 Å². The van der Waals surface area contributed by atoms with Crippen molar-refractivity contribution in [3.05, 3.63) is 66.6 Å². The molecule has 0 aliphatic carbocycles. The molecule has 8 heteroatoms. The minimum atomic E-state index is -0.424. The number of anilines is 1. The maximum absolute atomic E-state index is 11.0. The molecule has 0 aromatic heterocycles. The van der Waals surface area contributed by atoms with Crippen LogP contribution in [0.5, 0.6) is 0 Å². The van der Waals surface area contributed by atoms with E-state index < -0.39 is 4.92 Å². The minimum Gasteiger partial charge on any atom is -0.275 e. The van der Waals surface area contributed by atoms with Crippen molar-refractivity contribution >= 4 is 51.9 Å². The maximum atomic E-state index is 11.0. The lowest BCUT2D eigenvalue weighted by molar-refractivity contribution is -0.385. The number of nitrogens with zero attached hydrogens (tertiary/aromatic N) is 2. The molecule has 0 aliphatic heterocycles. The zero-order valence-electron chi connectivity index (χ0n) is 12.2. The van der Waals surface area contributed by atoms with Crippen LogP contribution in [-0.4, -0.2) is 10.6 Å². The summed E-state index contributed by atoms with van der Waals surface area (Å²) in [5.74, 6) is 0. The van der Waals surface area contributed by atoms with Crippen molar-refractivity contribution in [3.8, 4) is 0 Å². The molecule has 1 N–H and O–H groups in total. The fraction of sp³-hybridized carbons (Fsp3) is 0.133. The predicted molar refractivity (Wildman–Crippen MR) is 95.1 cm³/mol. The van der Waals surface area contributed by atoms with Crippen LogP contribution in [0.1, 0.15) is 18.1 Å². The molecule has 0 amide bonds. The van der Waals surface area contributed by atoms with Gasteiger partial charge >= 0.3 is 0 Å². The lowest BCUT2D eigenvalue weighted by Crippen LogP contribution is -2.02. The molecule has 0 unspecified atom stereocenters.